The number of hydrogen-bond acceptors (Lipinski definition) is 6. The molecule has 0 aliphatic carbocycles. The molecule has 126 valence electrons. The van der Waals surface area contributed by atoms with Crippen LogP contribution in [0.1, 0.15) is 0 Å². The first kappa shape index (κ1) is 15.1. The van der Waals surface area contributed by atoms with Gasteiger partial charge in [-0.1, -0.05) is 5.16 Å². The first-order valence-electron chi connectivity index (χ1n) is 7.56. The zero-order valence-corrected chi connectivity index (χ0v) is 13.6. The lowest BCUT2D eigenvalue weighted by Gasteiger charge is -2.11. The summed E-state index contributed by atoms with van der Waals surface area (Å²) in [7, 11) is 3.09. The molecule has 2 N–H and O–H groups in total. The Balaban J connectivity index is 2.04. The summed E-state index contributed by atoms with van der Waals surface area (Å²) < 4.78 is 16.8. The maximum absolute atomic E-state index is 9.43. The highest BCUT2D eigenvalue weighted by Crippen LogP contribution is 2.36. The predicted molar refractivity (Wildman–Crippen MR) is 91.8 cm³/mol. The maximum atomic E-state index is 9.43. The van der Waals surface area contributed by atoms with Crippen molar-refractivity contribution in [3.63, 3.8) is 0 Å². The molecule has 0 atom stereocenters. The number of nitrogens with zero attached hydrogens (tertiary/aromatic N) is 2. The van der Waals surface area contributed by atoms with Crippen molar-refractivity contribution >= 4 is 21.9 Å². The smallest absolute Gasteiger partial charge is 0.204 e. The van der Waals surface area contributed by atoms with Gasteiger partial charge < -0.3 is 19.1 Å². The molecule has 0 bridgehead atoms. The molecule has 2 aromatic heterocycles. The normalized spacial score (nSPS) is 12.0. The molecule has 2 heterocycles. The second-order valence-corrected chi connectivity index (χ2v) is 5.43. The van der Waals surface area contributed by atoms with Crippen LogP contribution in [0.2, 0.25) is 0 Å². The third kappa shape index (κ3) is 2.37. The lowest BCUT2D eigenvalue weighted by molar-refractivity contribution is 0.302. The van der Waals surface area contributed by atoms with Crippen LogP contribution in [0, 0.1) is 0 Å². The van der Waals surface area contributed by atoms with Gasteiger partial charge in [-0.15, -0.1) is 0 Å². The Morgan fingerprint density at radius 1 is 1.12 bits per heavy atom. The molecule has 4 aromatic rings. The minimum Gasteiger partial charge on any atom is -0.493 e. The molecular formula is C18H15N3O4. The second-order valence-electron chi connectivity index (χ2n) is 5.43. The van der Waals surface area contributed by atoms with E-state index in [9.17, 15) is 5.21 Å². The number of benzene rings is 2. The van der Waals surface area contributed by atoms with E-state index in [1.54, 1.807) is 31.5 Å². The first-order valence-corrected chi connectivity index (χ1v) is 7.56. The summed E-state index contributed by atoms with van der Waals surface area (Å²) >= 11 is 0. The van der Waals surface area contributed by atoms with E-state index >= 15 is 0 Å². The Morgan fingerprint density at radius 2 is 2.00 bits per heavy atom. The topological polar surface area (TPSA) is 92.9 Å². The van der Waals surface area contributed by atoms with Gasteiger partial charge in [0.15, 0.2) is 11.3 Å². The van der Waals surface area contributed by atoms with Gasteiger partial charge in [-0.3, -0.25) is 5.10 Å². The lowest BCUT2D eigenvalue weighted by atomic mass is 10.1. The highest BCUT2D eigenvalue weighted by molar-refractivity contribution is 5.88. The number of rotatable bonds is 3. The Morgan fingerprint density at radius 3 is 2.76 bits per heavy atom. The average molecular weight is 337 g/mol. The monoisotopic (exact) mass is 337 g/mol. The molecule has 0 saturated heterocycles. The van der Waals surface area contributed by atoms with E-state index in [4.69, 9.17) is 13.9 Å². The fourth-order valence-corrected chi connectivity index (χ4v) is 2.86. The first-order chi connectivity index (χ1) is 12.2. The Labute approximate surface area is 142 Å². The SMILES string of the molecule is COc1ccc2/c(=N/O)cc(-c3ccc4n[nH]cc4c3)oc2c1OC. The molecule has 25 heavy (non-hydrogen) atoms. The summed E-state index contributed by atoms with van der Waals surface area (Å²) in [4.78, 5) is 0. The van der Waals surface area contributed by atoms with Crippen molar-refractivity contribution in [1.82, 2.24) is 10.2 Å². The zero-order chi connectivity index (χ0) is 17.4. The van der Waals surface area contributed by atoms with Crippen molar-refractivity contribution < 1.29 is 19.1 Å². The molecular weight excluding hydrogens is 322 g/mol. The number of H-pyrrole nitrogens is 1. The van der Waals surface area contributed by atoms with Crippen LogP contribution in [0.4, 0.5) is 0 Å². The molecule has 7 heteroatoms. The van der Waals surface area contributed by atoms with E-state index in [0.29, 0.717) is 33.6 Å². The van der Waals surface area contributed by atoms with Crippen LogP contribution in [0.3, 0.4) is 0 Å². The van der Waals surface area contributed by atoms with Gasteiger partial charge in [0.2, 0.25) is 5.75 Å². The van der Waals surface area contributed by atoms with E-state index in [-0.39, 0.29) is 0 Å². The van der Waals surface area contributed by atoms with Crippen molar-refractivity contribution in [2.45, 2.75) is 0 Å². The number of aromatic nitrogens is 2. The standard InChI is InChI=1S/C18H15N3O4/c1-23-15-6-4-12-14(21-22)8-16(25-17(12)18(15)24-2)10-3-5-13-11(7-10)9-19-20-13/h3-9,22H,1-2H3,(H,19,20)/b21-14+. The van der Waals surface area contributed by atoms with Crippen LogP contribution in [0.15, 0.2) is 52.2 Å². The molecule has 0 saturated carbocycles. The summed E-state index contributed by atoms with van der Waals surface area (Å²) in [6.45, 7) is 0. The minimum absolute atomic E-state index is 0.379. The molecule has 7 nitrogen and oxygen atoms in total. The van der Waals surface area contributed by atoms with Crippen molar-refractivity contribution in [2.24, 2.45) is 5.16 Å². The minimum atomic E-state index is 0.379. The number of hydrogen-bond donors (Lipinski definition) is 2. The molecule has 4 rings (SSSR count). The molecule has 0 amide bonds. The predicted octanol–water partition coefficient (Wildman–Crippen LogP) is 3.28. The van der Waals surface area contributed by atoms with Gasteiger partial charge in [0.25, 0.3) is 0 Å². The number of aromatic amines is 1. The van der Waals surface area contributed by atoms with E-state index in [1.807, 2.05) is 18.2 Å². The van der Waals surface area contributed by atoms with Gasteiger partial charge >= 0.3 is 0 Å². The van der Waals surface area contributed by atoms with Crippen LogP contribution in [-0.4, -0.2) is 29.6 Å². The molecule has 0 radical (unpaired) electrons. The lowest BCUT2D eigenvalue weighted by Crippen LogP contribution is -2.05. The van der Waals surface area contributed by atoms with Crippen LogP contribution in [-0.2, 0) is 0 Å². The van der Waals surface area contributed by atoms with Gasteiger partial charge in [-0.2, -0.15) is 5.10 Å². The highest BCUT2D eigenvalue weighted by Gasteiger charge is 2.15. The highest BCUT2D eigenvalue weighted by atomic mass is 16.5. The Kier molecular flexibility index (Phi) is 3.53. The summed E-state index contributed by atoms with van der Waals surface area (Å²) in [5.74, 6) is 1.51. The number of ether oxygens (including phenoxy) is 2. The average Bonchev–Trinajstić information content (AvgIpc) is 3.13. The van der Waals surface area contributed by atoms with Gasteiger partial charge in [0.1, 0.15) is 11.1 Å². The van der Waals surface area contributed by atoms with Crippen molar-refractivity contribution in [3.8, 4) is 22.8 Å². The van der Waals surface area contributed by atoms with Gasteiger partial charge in [-0.25, -0.2) is 0 Å². The van der Waals surface area contributed by atoms with Crippen molar-refractivity contribution in [2.75, 3.05) is 14.2 Å². The molecule has 2 aromatic carbocycles. The third-order valence-corrected chi connectivity index (χ3v) is 4.08. The molecule has 0 unspecified atom stereocenters. The van der Waals surface area contributed by atoms with E-state index < -0.39 is 0 Å². The van der Waals surface area contributed by atoms with Crippen LogP contribution in [0.5, 0.6) is 11.5 Å². The van der Waals surface area contributed by atoms with Crippen molar-refractivity contribution in [3.05, 3.63) is 48.0 Å². The van der Waals surface area contributed by atoms with Gasteiger partial charge in [0, 0.05) is 23.2 Å². The van der Waals surface area contributed by atoms with Crippen LogP contribution < -0.4 is 14.8 Å². The number of methoxy groups -OCH3 is 2. The van der Waals surface area contributed by atoms with Crippen molar-refractivity contribution in [1.29, 1.82) is 0 Å². The summed E-state index contributed by atoms with van der Waals surface area (Å²) in [6, 6.07) is 10.9. The van der Waals surface area contributed by atoms with E-state index in [1.165, 1.54) is 7.11 Å². The zero-order valence-electron chi connectivity index (χ0n) is 13.6. The fourth-order valence-electron chi connectivity index (χ4n) is 2.86. The fraction of sp³-hybridized carbons (Fsp3) is 0.111. The van der Waals surface area contributed by atoms with E-state index in [0.717, 1.165) is 16.5 Å². The quantitative estimate of drug-likeness (QED) is 0.442. The van der Waals surface area contributed by atoms with E-state index in [2.05, 4.69) is 15.4 Å². The summed E-state index contributed by atoms with van der Waals surface area (Å²) in [5, 5.41) is 21.7. The summed E-state index contributed by atoms with van der Waals surface area (Å²) in [6.07, 6.45) is 1.81. The van der Waals surface area contributed by atoms with Crippen LogP contribution in [0.25, 0.3) is 33.2 Å². The summed E-state index contributed by atoms with van der Waals surface area (Å²) in [5.41, 5.74) is 2.13. The number of fused-ring (bicyclic) bond motifs is 2. The van der Waals surface area contributed by atoms with Crippen LogP contribution >= 0.6 is 0 Å². The third-order valence-electron chi connectivity index (χ3n) is 4.08. The second kappa shape index (κ2) is 5.86. The Bertz CT molecular complexity index is 1140. The molecule has 0 aliphatic heterocycles. The molecule has 0 spiro atoms. The number of nitrogens with one attached hydrogen (secondary N) is 1. The Hall–Kier alpha value is -3.48. The van der Waals surface area contributed by atoms with Gasteiger partial charge in [0.05, 0.1) is 25.1 Å². The maximum Gasteiger partial charge on any atom is 0.204 e. The largest absolute Gasteiger partial charge is 0.493 e. The molecule has 0 fully saturated rings. The molecule has 0 aliphatic rings. The van der Waals surface area contributed by atoms with Gasteiger partial charge in [-0.05, 0) is 30.3 Å².